The minimum absolute atomic E-state index is 0.0350. The highest BCUT2D eigenvalue weighted by molar-refractivity contribution is 7.89. The zero-order valence-electron chi connectivity index (χ0n) is 15.0. The first-order valence-corrected chi connectivity index (χ1v) is 9.99. The van der Waals surface area contributed by atoms with Crippen molar-refractivity contribution in [2.24, 2.45) is 5.73 Å². The molecule has 0 bridgehead atoms. The topological polar surface area (TPSA) is 80.5 Å². The van der Waals surface area contributed by atoms with Gasteiger partial charge in [-0.15, -0.1) is 0 Å². The van der Waals surface area contributed by atoms with Crippen molar-refractivity contribution in [1.29, 1.82) is 0 Å². The van der Waals surface area contributed by atoms with Crippen molar-refractivity contribution in [3.8, 4) is 0 Å². The Balaban J connectivity index is 2.01. The molecule has 28 heavy (non-hydrogen) atoms. The van der Waals surface area contributed by atoms with Gasteiger partial charge in [-0.3, -0.25) is 4.79 Å². The molecule has 0 aliphatic rings. The second-order valence-electron chi connectivity index (χ2n) is 6.25. The Morgan fingerprint density at radius 3 is 2.14 bits per heavy atom. The van der Waals surface area contributed by atoms with E-state index < -0.39 is 26.6 Å². The van der Waals surface area contributed by atoms with Crippen LogP contribution in [0, 0.1) is 5.82 Å². The fourth-order valence-electron chi connectivity index (χ4n) is 2.83. The van der Waals surface area contributed by atoms with Crippen molar-refractivity contribution in [2.45, 2.75) is 18.0 Å². The van der Waals surface area contributed by atoms with E-state index in [-0.39, 0.29) is 18.7 Å². The van der Waals surface area contributed by atoms with Crippen LogP contribution in [0.1, 0.15) is 21.5 Å². The Morgan fingerprint density at radius 2 is 1.46 bits per heavy atom. The minimum atomic E-state index is -4.12. The van der Waals surface area contributed by atoms with E-state index in [2.05, 4.69) is 0 Å². The maximum absolute atomic E-state index is 14.2. The molecule has 3 aromatic carbocycles. The van der Waals surface area contributed by atoms with Crippen LogP contribution in [0.25, 0.3) is 0 Å². The van der Waals surface area contributed by atoms with Crippen molar-refractivity contribution < 1.29 is 17.6 Å². The van der Waals surface area contributed by atoms with Crippen LogP contribution < -0.4 is 5.73 Å². The number of nitrogens with zero attached hydrogens (tertiary/aromatic N) is 1. The summed E-state index contributed by atoms with van der Waals surface area (Å²) >= 11 is 0. The van der Waals surface area contributed by atoms with Gasteiger partial charge in [-0.1, -0.05) is 54.6 Å². The van der Waals surface area contributed by atoms with Gasteiger partial charge < -0.3 is 5.73 Å². The summed E-state index contributed by atoms with van der Waals surface area (Å²) in [7, 11) is -4.12. The van der Waals surface area contributed by atoms with E-state index in [1.165, 1.54) is 28.6 Å². The first kappa shape index (κ1) is 19.7. The number of rotatable bonds is 7. The molecule has 2 N–H and O–H groups in total. The monoisotopic (exact) mass is 398 g/mol. The molecule has 0 fully saturated rings. The van der Waals surface area contributed by atoms with Crippen LogP contribution in [0.5, 0.6) is 0 Å². The Bertz CT molecular complexity index is 1090. The highest BCUT2D eigenvalue weighted by Crippen LogP contribution is 2.23. The van der Waals surface area contributed by atoms with Crippen LogP contribution in [0.3, 0.4) is 0 Å². The van der Waals surface area contributed by atoms with Gasteiger partial charge in [0.2, 0.25) is 15.9 Å². The van der Waals surface area contributed by atoms with E-state index in [0.29, 0.717) is 5.56 Å². The van der Waals surface area contributed by atoms with Crippen LogP contribution >= 0.6 is 0 Å². The second-order valence-corrected chi connectivity index (χ2v) is 8.16. The SMILES string of the molecule is NC(=O)c1cccc(CN(Cc2ccccc2)S(=O)(=O)c2ccccc2F)c1. The molecule has 7 heteroatoms. The number of primary amides is 1. The van der Waals surface area contributed by atoms with Crippen LogP contribution in [0.15, 0.2) is 83.8 Å². The molecule has 0 aliphatic heterocycles. The molecule has 1 amide bonds. The molecule has 0 heterocycles. The Morgan fingerprint density at radius 1 is 0.857 bits per heavy atom. The molecule has 0 aliphatic carbocycles. The van der Waals surface area contributed by atoms with Crippen molar-refractivity contribution in [2.75, 3.05) is 0 Å². The van der Waals surface area contributed by atoms with Gasteiger partial charge in [0, 0.05) is 18.7 Å². The molecule has 0 aromatic heterocycles. The van der Waals surface area contributed by atoms with Crippen molar-refractivity contribution in [3.63, 3.8) is 0 Å². The molecule has 0 atom stereocenters. The predicted octanol–water partition coefficient (Wildman–Crippen LogP) is 3.32. The molecule has 0 radical (unpaired) electrons. The summed E-state index contributed by atoms with van der Waals surface area (Å²) in [6.45, 7) is 0.0188. The van der Waals surface area contributed by atoms with Crippen molar-refractivity contribution >= 4 is 15.9 Å². The summed E-state index contributed by atoms with van der Waals surface area (Å²) in [6.07, 6.45) is 0. The first-order valence-electron chi connectivity index (χ1n) is 8.55. The summed E-state index contributed by atoms with van der Waals surface area (Å²) in [5.74, 6) is -1.42. The molecular formula is C21H19FN2O3S. The summed E-state index contributed by atoms with van der Waals surface area (Å²) in [5, 5.41) is 0. The average Bonchev–Trinajstić information content (AvgIpc) is 2.68. The van der Waals surface area contributed by atoms with Crippen molar-refractivity contribution in [3.05, 3.63) is 101 Å². The largest absolute Gasteiger partial charge is 0.366 e. The normalized spacial score (nSPS) is 11.5. The summed E-state index contributed by atoms with van der Waals surface area (Å²) < 4.78 is 41.8. The summed E-state index contributed by atoms with van der Waals surface area (Å²) in [6, 6.07) is 20.7. The lowest BCUT2D eigenvalue weighted by atomic mass is 10.1. The Kier molecular flexibility index (Phi) is 5.87. The van der Waals surface area contributed by atoms with Gasteiger partial charge in [-0.05, 0) is 35.4 Å². The standard InChI is InChI=1S/C21H19FN2O3S/c22-19-11-4-5-12-20(19)28(26,27)24(14-16-7-2-1-3-8-16)15-17-9-6-10-18(13-17)21(23)25/h1-13H,14-15H2,(H2,23,25). The molecule has 0 spiro atoms. The number of nitrogens with two attached hydrogens (primary N) is 1. The van der Waals surface area contributed by atoms with Crippen LogP contribution in [0.4, 0.5) is 4.39 Å². The van der Waals surface area contributed by atoms with Gasteiger partial charge in [-0.2, -0.15) is 4.31 Å². The molecule has 3 rings (SSSR count). The molecule has 0 unspecified atom stereocenters. The first-order chi connectivity index (χ1) is 13.4. The van der Waals surface area contributed by atoms with Gasteiger partial charge >= 0.3 is 0 Å². The molecular weight excluding hydrogens is 379 g/mol. The molecule has 3 aromatic rings. The number of carbonyl (C=O) groups is 1. The van der Waals surface area contributed by atoms with E-state index in [9.17, 15) is 17.6 Å². The van der Waals surface area contributed by atoms with E-state index in [1.54, 1.807) is 42.5 Å². The third kappa shape index (κ3) is 4.44. The zero-order valence-corrected chi connectivity index (χ0v) is 15.8. The number of benzene rings is 3. The van der Waals surface area contributed by atoms with Crippen LogP contribution in [0.2, 0.25) is 0 Å². The number of amides is 1. The number of sulfonamides is 1. The molecule has 0 saturated carbocycles. The fourth-order valence-corrected chi connectivity index (χ4v) is 4.31. The highest BCUT2D eigenvalue weighted by atomic mass is 32.2. The lowest BCUT2D eigenvalue weighted by Crippen LogP contribution is -2.31. The maximum atomic E-state index is 14.2. The summed E-state index contributed by atoms with van der Waals surface area (Å²) in [4.78, 5) is 11.0. The molecule has 0 saturated heterocycles. The lowest BCUT2D eigenvalue weighted by molar-refractivity contribution is 0.1000. The van der Waals surface area contributed by atoms with Crippen LogP contribution in [-0.2, 0) is 23.1 Å². The lowest BCUT2D eigenvalue weighted by Gasteiger charge is -2.23. The smallest absolute Gasteiger partial charge is 0.248 e. The number of hydrogen-bond acceptors (Lipinski definition) is 3. The van der Waals surface area contributed by atoms with E-state index >= 15 is 0 Å². The minimum Gasteiger partial charge on any atom is -0.366 e. The Hall–Kier alpha value is -3.03. The third-order valence-corrected chi connectivity index (χ3v) is 6.05. The van der Waals surface area contributed by atoms with Crippen molar-refractivity contribution in [1.82, 2.24) is 4.31 Å². The highest BCUT2D eigenvalue weighted by Gasteiger charge is 2.27. The maximum Gasteiger partial charge on any atom is 0.248 e. The zero-order chi connectivity index (χ0) is 20.1. The molecule has 144 valence electrons. The van der Waals surface area contributed by atoms with Crippen LogP contribution in [-0.4, -0.2) is 18.6 Å². The Labute approximate surface area is 163 Å². The number of halogens is 1. The van der Waals surface area contributed by atoms with Gasteiger partial charge in [0.1, 0.15) is 10.7 Å². The van der Waals surface area contributed by atoms with E-state index in [0.717, 1.165) is 11.6 Å². The summed E-state index contributed by atoms with van der Waals surface area (Å²) in [5.41, 5.74) is 6.93. The quantitative estimate of drug-likeness (QED) is 0.663. The third-order valence-electron chi connectivity index (χ3n) is 4.23. The second kappa shape index (κ2) is 8.33. The van der Waals surface area contributed by atoms with Gasteiger partial charge in [0.15, 0.2) is 0 Å². The average molecular weight is 398 g/mol. The molecule has 5 nitrogen and oxygen atoms in total. The van der Waals surface area contributed by atoms with E-state index in [4.69, 9.17) is 5.73 Å². The number of hydrogen-bond donors (Lipinski definition) is 1. The van der Waals surface area contributed by atoms with Gasteiger partial charge in [-0.25, -0.2) is 12.8 Å². The predicted molar refractivity (Wildman–Crippen MR) is 104 cm³/mol. The van der Waals surface area contributed by atoms with E-state index in [1.807, 2.05) is 6.07 Å². The number of carbonyl (C=O) groups excluding carboxylic acids is 1. The fraction of sp³-hybridized carbons (Fsp3) is 0.0952. The van der Waals surface area contributed by atoms with Gasteiger partial charge in [0.05, 0.1) is 0 Å². The van der Waals surface area contributed by atoms with Gasteiger partial charge in [0.25, 0.3) is 0 Å².